The summed E-state index contributed by atoms with van der Waals surface area (Å²) in [7, 11) is 0. The van der Waals surface area contributed by atoms with Crippen LogP contribution in [0.1, 0.15) is 22.7 Å². The Balaban J connectivity index is 0.00000148. The van der Waals surface area contributed by atoms with E-state index in [0.717, 1.165) is 29.1 Å². The third-order valence-corrected chi connectivity index (χ3v) is 6.37. The summed E-state index contributed by atoms with van der Waals surface area (Å²) in [5, 5.41) is 13.1. The summed E-state index contributed by atoms with van der Waals surface area (Å²) in [4.78, 5) is 4.37. The number of oxazole rings is 1. The summed E-state index contributed by atoms with van der Waals surface area (Å²) in [5.41, 5.74) is 1.24. The van der Waals surface area contributed by atoms with E-state index in [-0.39, 0.29) is 34.2 Å². The molecule has 2 aromatic heterocycles. The second kappa shape index (κ2) is 13.0. The van der Waals surface area contributed by atoms with Crippen molar-refractivity contribution >= 4 is 11.6 Å². The van der Waals surface area contributed by atoms with Crippen LogP contribution in [-0.4, -0.2) is 34.7 Å². The standard InChI is InChI=1S/C29H20F7N3O3.O2S/c1-15-11-19(13-23(30)22(15)14-40)18-5-8-24(39-10-9-25(38-39)28(31,32)33)21(12-18)27-26(37-16(2)41-27)17-3-6-20(7-4-17)42-29(34,35)36;1-3-2/h3-13,40H,14H2,1-2H3;. The molecule has 0 aliphatic heterocycles. The van der Waals surface area contributed by atoms with Crippen molar-refractivity contribution in [2.45, 2.75) is 33.0 Å². The molecule has 0 spiro atoms. The molecule has 0 saturated heterocycles. The summed E-state index contributed by atoms with van der Waals surface area (Å²) >= 11 is -0.750. The van der Waals surface area contributed by atoms with E-state index in [1.165, 1.54) is 31.2 Å². The summed E-state index contributed by atoms with van der Waals surface area (Å²) in [6.45, 7) is 2.65. The molecule has 0 unspecified atom stereocenters. The number of benzene rings is 3. The Hall–Kier alpha value is -4.83. The fraction of sp³-hybridized carbons (Fsp3) is 0.172. The molecule has 45 heavy (non-hydrogen) atoms. The minimum Gasteiger partial charge on any atom is -0.440 e. The van der Waals surface area contributed by atoms with Crippen molar-refractivity contribution in [1.29, 1.82) is 0 Å². The molecule has 2 heterocycles. The monoisotopic (exact) mass is 655 g/mol. The highest BCUT2D eigenvalue weighted by atomic mass is 32.1. The highest BCUT2D eigenvalue weighted by molar-refractivity contribution is 7.51. The van der Waals surface area contributed by atoms with Crippen molar-refractivity contribution in [2.24, 2.45) is 0 Å². The van der Waals surface area contributed by atoms with Crippen molar-refractivity contribution in [2.75, 3.05) is 0 Å². The van der Waals surface area contributed by atoms with Crippen LogP contribution in [0.15, 0.2) is 71.3 Å². The van der Waals surface area contributed by atoms with Gasteiger partial charge in [0.2, 0.25) is 0 Å². The molecule has 3 aromatic carbocycles. The number of aliphatic hydroxyl groups is 1. The number of halogens is 7. The Bertz CT molecular complexity index is 1840. The second-order valence-corrected chi connectivity index (χ2v) is 9.47. The first kappa shape index (κ1) is 33.1. The maximum absolute atomic E-state index is 14.7. The van der Waals surface area contributed by atoms with Crippen molar-refractivity contribution in [3.05, 3.63) is 95.4 Å². The van der Waals surface area contributed by atoms with E-state index in [1.54, 1.807) is 25.1 Å². The summed E-state index contributed by atoms with van der Waals surface area (Å²) in [6.07, 6.45) is -8.48. The minimum absolute atomic E-state index is 0.0853. The summed E-state index contributed by atoms with van der Waals surface area (Å²) < 4.78 is 120. The summed E-state index contributed by atoms with van der Waals surface area (Å²) in [5.74, 6) is -0.854. The molecule has 1 N–H and O–H groups in total. The molecule has 5 rings (SSSR count). The van der Waals surface area contributed by atoms with Gasteiger partial charge in [0.25, 0.3) is 0 Å². The molecule has 0 radical (unpaired) electrons. The lowest BCUT2D eigenvalue weighted by atomic mass is 9.96. The first-order valence-corrected chi connectivity index (χ1v) is 13.2. The first-order chi connectivity index (χ1) is 21.1. The molecule has 0 atom stereocenters. The van der Waals surface area contributed by atoms with Gasteiger partial charge in [-0.1, -0.05) is 12.1 Å². The van der Waals surface area contributed by atoms with Crippen molar-refractivity contribution < 1.29 is 53.4 Å². The zero-order valence-corrected chi connectivity index (χ0v) is 23.9. The number of rotatable bonds is 6. The number of hydrogen-bond acceptors (Lipinski definition) is 7. The third kappa shape index (κ3) is 7.64. The van der Waals surface area contributed by atoms with Gasteiger partial charge in [-0.25, -0.2) is 14.1 Å². The number of aryl methyl sites for hydroxylation is 2. The van der Waals surface area contributed by atoms with Crippen LogP contribution in [0, 0.1) is 19.7 Å². The Morgan fingerprint density at radius 2 is 1.56 bits per heavy atom. The number of alkyl halides is 6. The van der Waals surface area contributed by atoms with Gasteiger partial charge in [-0.2, -0.15) is 26.7 Å². The lowest BCUT2D eigenvalue weighted by Gasteiger charge is -2.14. The van der Waals surface area contributed by atoms with E-state index in [2.05, 4.69) is 14.8 Å². The molecule has 0 amide bonds. The number of hydrogen-bond donors (Lipinski definition) is 1. The molecule has 5 aromatic rings. The number of aromatic nitrogens is 3. The number of ether oxygens (including phenoxy) is 1. The highest BCUT2D eigenvalue weighted by Crippen LogP contribution is 2.40. The Morgan fingerprint density at radius 3 is 2.11 bits per heavy atom. The zero-order chi connectivity index (χ0) is 33.1. The van der Waals surface area contributed by atoms with E-state index in [1.807, 2.05) is 0 Å². The molecule has 0 aliphatic carbocycles. The van der Waals surface area contributed by atoms with Crippen LogP contribution in [0.4, 0.5) is 30.7 Å². The van der Waals surface area contributed by atoms with Gasteiger partial charge in [0.15, 0.2) is 17.3 Å². The Kier molecular flexibility index (Phi) is 9.58. The van der Waals surface area contributed by atoms with Crippen LogP contribution in [-0.2, 0) is 24.4 Å². The number of aliphatic hydroxyl groups excluding tert-OH is 1. The highest BCUT2D eigenvalue weighted by Gasteiger charge is 2.34. The molecular formula is C29H20F7N3O5S. The van der Waals surface area contributed by atoms with Gasteiger partial charge in [-0.15, -0.1) is 13.2 Å². The van der Waals surface area contributed by atoms with Gasteiger partial charge in [-0.05, 0) is 72.1 Å². The minimum atomic E-state index is -4.89. The topological polar surface area (TPSA) is 107 Å². The SMILES string of the molecule is Cc1nc(-c2ccc(OC(F)(F)F)cc2)c(-c2cc(-c3cc(C)c(CO)c(F)c3)ccc2-n2ccc(C(F)(F)F)n2)o1.O=S=O. The fourth-order valence-corrected chi connectivity index (χ4v) is 4.47. The van der Waals surface area contributed by atoms with Crippen LogP contribution in [0.3, 0.4) is 0 Å². The fourth-order valence-electron chi connectivity index (χ4n) is 4.47. The van der Waals surface area contributed by atoms with E-state index >= 15 is 0 Å². The lowest BCUT2D eigenvalue weighted by Crippen LogP contribution is -2.16. The molecule has 8 nitrogen and oxygen atoms in total. The van der Waals surface area contributed by atoms with E-state index in [9.17, 15) is 35.8 Å². The Labute approximate surface area is 253 Å². The van der Waals surface area contributed by atoms with Crippen molar-refractivity contribution in [1.82, 2.24) is 14.8 Å². The predicted molar refractivity (Wildman–Crippen MR) is 146 cm³/mol. The van der Waals surface area contributed by atoms with Gasteiger partial charge < -0.3 is 14.3 Å². The van der Waals surface area contributed by atoms with Gasteiger partial charge >= 0.3 is 24.1 Å². The van der Waals surface area contributed by atoms with E-state index < -0.39 is 48.0 Å². The molecular weight excluding hydrogens is 635 g/mol. The summed E-state index contributed by atoms with van der Waals surface area (Å²) in [6, 6.07) is 13.1. The molecule has 0 fully saturated rings. The van der Waals surface area contributed by atoms with Gasteiger partial charge in [0, 0.05) is 29.8 Å². The van der Waals surface area contributed by atoms with E-state index in [0.29, 0.717) is 22.3 Å². The largest absolute Gasteiger partial charge is 0.573 e. The molecule has 0 saturated carbocycles. The van der Waals surface area contributed by atoms with Crippen molar-refractivity contribution in [3.8, 4) is 45.1 Å². The molecule has 236 valence electrons. The normalized spacial score (nSPS) is 11.6. The molecule has 0 aliphatic rings. The zero-order valence-electron chi connectivity index (χ0n) is 23.0. The quantitative estimate of drug-likeness (QED) is 0.191. The number of nitrogens with zero attached hydrogens (tertiary/aromatic N) is 3. The van der Waals surface area contributed by atoms with Crippen molar-refractivity contribution in [3.63, 3.8) is 0 Å². The van der Waals surface area contributed by atoms with E-state index in [4.69, 9.17) is 12.8 Å². The van der Waals surface area contributed by atoms with Gasteiger partial charge in [0.1, 0.15) is 17.3 Å². The van der Waals surface area contributed by atoms with Gasteiger partial charge in [-0.3, -0.25) is 0 Å². The maximum atomic E-state index is 14.7. The lowest BCUT2D eigenvalue weighted by molar-refractivity contribution is -0.274. The average molecular weight is 656 g/mol. The van der Waals surface area contributed by atoms with Gasteiger partial charge in [0.05, 0.1) is 12.3 Å². The van der Waals surface area contributed by atoms with Crippen LogP contribution >= 0.6 is 0 Å². The van der Waals surface area contributed by atoms with Crippen LogP contribution in [0.2, 0.25) is 0 Å². The molecule has 0 bridgehead atoms. The first-order valence-electron chi connectivity index (χ1n) is 12.6. The predicted octanol–water partition coefficient (Wildman–Crippen LogP) is 7.36. The molecule has 16 heteroatoms. The Morgan fingerprint density at radius 1 is 0.911 bits per heavy atom. The third-order valence-electron chi connectivity index (χ3n) is 6.37. The van der Waals surface area contributed by atoms with Crippen LogP contribution in [0.5, 0.6) is 5.75 Å². The van der Waals surface area contributed by atoms with Crippen LogP contribution < -0.4 is 4.74 Å². The smallest absolute Gasteiger partial charge is 0.440 e. The van der Waals surface area contributed by atoms with Crippen LogP contribution in [0.25, 0.3) is 39.4 Å². The average Bonchev–Trinajstić information content (AvgIpc) is 3.60. The second-order valence-electron chi connectivity index (χ2n) is 9.34. The maximum Gasteiger partial charge on any atom is 0.573 e.